The Morgan fingerprint density at radius 2 is 1.58 bits per heavy atom. The number of carbonyl (C=O) groups excluding carboxylic acids is 9. The molecule has 0 aromatic heterocycles. The number of aliphatic hydroxyl groups excluding tert-OH is 2. The number of benzene rings is 3. The quantitative estimate of drug-likeness (QED) is 0.0441. The first-order valence-electron chi connectivity index (χ1n) is 27.2. The largest absolute Gasteiger partial charge is 0.507 e. The molecule has 2 saturated heterocycles. The summed E-state index contributed by atoms with van der Waals surface area (Å²) < 4.78 is 17.8. The summed E-state index contributed by atoms with van der Waals surface area (Å²) in [5.41, 5.74) is 2.04. The van der Waals surface area contributed by atoms with Gasteiger partial charge in [0.15, 0.2) is 17.9 Å². The fourth-order valence-corrected chi connectivity index (χ4v) is 11.2. The van der Waals surface area contributed by atoms with Crippen LogP contribution in [-0.2, 0) is 55.9 Å². The summed E-state index contributed by atoms with van der Waals surface area (Å²) in [6.45, 7) is 5.33. The lowest BCUT2D eigenvalue weighted by Crippen LogP contribution is -2.60. The van der Waals surface area contributed by atoms with Crippen molar-refractivity contribution in [2.75, 3.05) is 33.4 Å². The first-order chi connectivity index (χ1) is 38.5. The SMILES string of the molecule is COc1cccc2c1C(=O)c1c(O)c3c(c(O)c1C2=O)C[C@@](O)(C(=O)CO)C[C@@H]3O[C@H]1C[C@H](NC(=O)[C@H](CC(C)C)NC(=O)[C@H](CCc2ccccc2)NC(=O)CNC(=O)[C@H](CCCN)NC(=O)[C@@H]2CCCN2C(C)=O)[C@H](O)[C@H](C)O1. The number of phenolic OH excluding ortho intramolecular Hbond substituents is 2. The molecule has 0 saturated carbocycles. The van der Waals surface area contributed by atoms with Crippen molar-refractivity contribution < 1.29 is 82.9 Å². The Labute approximate surface area is 467 Å². The summed E-state index contributed by atoms with van der Waals surface area (Å²) in [5.74, 6) is -8.35. The van der Waals surface area contributed by atoms with Crippen LogP contribution in [0.25, 0.3) is 0 Å². The molecule has 0 radical (unpaired) electrons. The highest BCUT2D eigenvalue weighted by atomic mass is 16.7. The molecular formula is C57H73N7O17. The van der Waals surface area contributed by atoms with Gasteiger partial charge in [-0.15, -0.1) is 0 Å². The van der Waals surface area contributed by atoms with Gasteiger partial charge in [-0.1, -0.05) is 56.3 Å². The fraction of sp³-hybridized carbons (Fsp3) is 0.526. The van der Waals surface area contributed by atoms with E-state index in [9.17, 15) is 68.7 Å². The van der Waals surface area contributed by atoms with E-state index in [1.165, 1.54) is 44.1 Å². The van der Waals surface area contributed by atoms with Crippen molar-refractivity contribution in [3.05, 3.63) is 87.5 Å². The summed E-state index contributed by atoms with van der Waals surface area (Å²) in [6.07, 6.45) is -5.22. The number of methoxy groups -OCH3 is 1. The number of phenols is 2. The lowest BCUT2D eigenvalue weighted by Gasteiger charge is -2.43. The molecule has 2 fully saturated rings. The molecule has 12 N–H and O–H groups in total. The number of Topliss-reactive ketones (excluding diaryl/α,β-unsaturated/α-hetero) is 1. The number of hydrogen-bond donors (Lipinski definition) is 11. The van der Waals surface area contributed by atoms with Gasteiger partial charge in [0.2, 0.25) is 41.2 Å². The standard InChI is InChI=1S/C57H73N7O17/c1-28(2)22-37(63-54(75)35(19-18-31-12-7-6-8-13-31)60-42(68)26-59-53(74)34(15-10-20-58)61-56(77)38-16-11-21-64(38)30(4)66)55(76)62-36-23-43(80-29(3)48(36)69)81-40-25-57(78,41(67)27-65)24-33-45(40)52(73)47-46(50(33)71)49(70)32-14-9-17-39(79-5)44(32)51(47)72/h6-9,12-14,17,28-29,34-38,40,43,48,65,69,71,73,78H,10-11,15-16,18-27,58H2,1-5H3,(H,59,74)(H,60,68)(H,61,77)(H,62,76)(H,63,75)/t29-,34-,35-,36-,37-,38-,40-,43-,48+,57-/m0/s1. The van der Waals surface area contributed by atoms with Gasteiger partial charge < -0.3 is 77.0 Å². The number of nitrogens with two attached hydrogens (primary N) is 1. The van der Waals surface area contributed by atoms with E-state index in [1.807, 2.05) is 44.2 Å². The lowest BCUT2D eigenvalue weighted by molar-refractivity contribution is -0.249. The number of carbonyl (C=O) groups is 9. The molecule has 24 heteroatoms. The number of amides is 6. The van der Waals surface area contributed by atoms with E-state index in [-0.39, 0.29) is 72.1 Å². The summed E-state index contributed by atoms with van der Waals surface area (Å²) in [4.78, 5) is 124. The third-order valence-electron chi connectivity index (χ3n) is 15.4. The molecule has 24 nitrogen and oxygen atoms in total. The fourth-order valence-electron chi connectivity index (χ4n) is 11.2. The summed E-state index contributed by atoms with van der Waals surface area (Å²) in [5, 5.41) is 70.5. The van der Waals surface area contributed by atoms with Crippen molar-refractivity contribution in [2.45, 2.75) is 152 Å². The zero-order chi connectivity index (χ0) is 59.0. The maximum atomic E-state index is 14.4. The van der Waals surface area contributed by atoms with Gasteiger partial charge in [-0.25, -0.2) is 0 Å². The van der Waals surface area contributed by atoms with Crippen LogP contribution in [0.15, 0.2) is 48.5 Å². The van der Waals surface area contributed by atoms with Crippen LogP contribution >= 0.6 is 0 Å². The second-order valence-corrected chi connectivity index (χ2v) is 21.5. The maximum Gasteiger partial charge on any atom is 0.243 e. The molecule has 4 aliphatic rings. The molecule has 10 atom stereocenters. The van der Waals surface area contributed by atoms with Crippen molar-refractivity contribution in [1.82, 2.24) is 31.5 Å². The molecule has 2 aliphatic carbocycles. The zero-order valence-corrected chi connectivity index (χ0v) is 46.0. The predicted octanol–water partition coefficient (Wildman–Crippen LogP) is 0.158. The Balaban J connectivity index is 1.08. The number of ketones is 3. The van der Waals surface area contributed by atoms with E-state index >= 15 is 0 Å². The number of rotatable bonds is 23. The molecule has 0 unspecified atom stereocenters. The molecule has 0 bridgehead atoms. The van der Waals surface area contributed by atoms with Crippen molar-refractivity contribution in [3.63, 3.8) is 0 Å². The second kappa shape index (κ2) is 26.5. The first kappa shape index (κ1) is 61.3. The predicted molar refractivity (Wildman–Crippen MR) is 287 cm³/mol. The van der Waals surface area contributed by atoms with Crippen LogP contribution in [0.2, 0.25) is 0 Å². The summed E-state index contributed by atoms with van der Waals surface area (Å²) in [7, 11) is 1.28. The van der Waals surface area contributed by atoms with Crippen molar-refractivity contribution in [3.8, 4) is 17.2 Å². The topological polar surface area (TPSA) is 372 Å². The Bertz CT molecular complexity index is 2900. The minimum atomic E-state index is -2.45. The molecule has 3 aromatic rings. The lowest BCUT2D eigenvalue weighted by atomic mass is 9.72. The molecule has 438 valence electrons. The Morgan fingerprint density at radius 3 is 2.25 bits per heavy atom. The third kappa shape index (κ3) is 13.7. The summed E-state index contributed by atoms with van der Waals surface area (Å²) in [6, 6.07) is 7.82. The van der Waals surface area contributed by atoms with Crippen molar-refractivity contribution in [1.29, 1.82) is 0 Å². The monoisotopic (exact) mass is 1130 g/mol. The third-order valence-corrected chi connectivity index (χ3v) is 15.4. The smallest absolute Gasteiger partial charge is 0.243 e. The van der Waals surface area contributed by atoms with Crippen LogP contribution in [0.3, 0.4) is 0 Å². The molecule has 2 heterocycles. The van der Waals surface area contributed by atoms with Gasteiger partial charge >= 0.3 is 0 Å². The number of aryl methyl sites for hydroxylation is 1. The highest BCUT2D eigenvalue weighted by Crippen LogP contribution is 2.52. The minimum Gasteiger partial charge on any atom is -0.507 e. The van der Waals surface area contributed by atoms with Crippen LogP contribution in [-0.4, -0.2) is 171 Å². The van der Waals surface area contributed by atoms with E-state index in [0.717, 1.165) is 5.56 Å². The Hall–Kier alpha value is -7.35. The average Bonchev–Trinajstić information content (AvgIpc) is 3.99. The highest BCUT2D eigenvalue weighted by Gasteiger charge is 2.51. The normalized spacial score (nSPS) is 23.2. The van der Waals surface area contributed by atoms with Crippen LogP contribution < -0.4 is 37.1 Å². The molecule has 0 spiro atoms. The van der Waals surface area contributed by atoms with E-state index < -0.39 is 156 Å². The number of nitrogens with zero attached hydrogens (tertiary/aromatic N) is 1. The molecular weight excluding hydrogens is 1050 g/mol. The van der Waals surface area contributed by atoms with E-state index in [1.54, 1.807) is 0 Å². The van der Waals surface area contributed by atoms with Crippen LogP contribution in [0.5, 0.6) is 17.2 Å². The number of nitrogens with one attached hydrogen (secondary N) is 5. The van der Waals surface area contributed by atoms with E-state index in [2.05, 4.69) is 26.6 Å². The maximum absolute atomic E-state index is 14.4. The van der Waals surface area contributed by atoms with Gasteiger partial charge in [-0.3, -0.25) is 43.2 Å². The van der Waals surface area contributed by atoms with Crippen LogP contribution in [0.1, 0.15) is 134 Å². The minimum absolute atomic E-state index is 0.0146. The zero-order valence-electron chi connectivity index (χ0n) is 46.0. The summed E-state index contributed by atoms with van der Waals surface area (Å²) >= 11 is 0. The van der Waals surface area contributed by atoms with Crippen LogP contribution in [0, 0.1) is 5.92 Å². The van der Waals surface area contributed by atoms with Crippen molar-refractivity contribution in [2.24, 2.45) is 11.7 Å². The molecule has 3 aromatic carbocycles. The Kier molecular flexibility index (Phi) is 20.0. The van der Waals surface area contributed by atoms with Gasteiger partial charge in [-0.05, 0) is 76.0 Å². The highest BCUT2D eigenvalue weighted by molar-refractivity contribution is 6.31. The van der Waals surface area contributed by atoms with Gasteiger partial charge in [0, 0.05) is 49.4 Å². The van der Waals surface area contributed by atoms with Gasteiger partial charge in [0.25, 0.3) is 0 Å². The average molecular weight is 1130 g/mol. The number of aromatic hydroxyl groups is 2. The van der Waals surface area contributed by atoms with Crippen LogP contribution in [0.4, 0.5) is 0 Å². The van der Waals surface area contributed by atoms with E-state index in [4.69, 9.17) is 19.9 Å². The number of fused-ring (bicyclic) bond motifs is 3. The number of hydrogen-bond acceptors (Lipinski definition) is 18. The van der Waals surface area contributed by atoms with Gasteiger partial charge in [0.1, 0.15) is 59.7 Å². The Morgan fingerprint density at radius 1 is 0.877 bits per heavy atom. The number of ether oxygens (including phenoxy) is 3. The number of aliphatic hydroxyl groups is 3. The first-order valence-corrected chi connectivity index (χ1v) is 27.2. The van der Waals surface area contributed by atoms with Gasteiger partial charge in [0.05, 0.1) is 48.6 Å². The molecule has 81 heavy (non-hydrogen) atoms. The van der Waals surface area contributed by atoms with Crippen molar-refractivity contribution >= 4 is 52.8 Å². The van der Waals surface area contributed by atoms with E-state index in [0.29, 0.717) is 32.2 Å². The molecule has 7 rings (SSSR count). The number of likely N-dealkylation sites (tertiary alicyclic amines) is 1. The second-order valence-electron chi connectivity index (χ2n) is 21.5. The molecule has 6 amide bonds. The molecule has 2 aliphatic heterocycles. The van der Waals surface area contributed by atoms with Gasteiger partial charge in [-0.2, -0.15) is 0 Å².